The van der Waals surface area contributed by atoms with Gasteiger partial charge in [0.1, 0.15) is 5.57 Å². The Balaban J connectivity index is 1.73. The Morgan fingerprint density at radius 1 is 0.800 bits per heavy atom. The highest BCUT2D eigenvalue weighted by Crippen LogP contribution is 2.46. The van der Waals surface area contributed by atoms with E-state index in [1.807, 2.05) is 42.5 Å². The number of hydrogen-bond donors (Lipinski definition) is 0. The average Bonchev–Trinajstić information content (AvgIpc) is 3.54. The Labute approximate surface area is 260 Å². The van der Waals surface area contributed by atoms with Crippen molar-refractivity contribution in [3.63, 3.8) is 0 Å². The molecule has 9 heteroatoms. The number of fused-ring (bicyclic) bond motifs is 2. The molecule has 0 fully saturated rings. The molecule has 45 heavy (non-hydrogen) atoms. The van der Waals surface area contributed by atoms with Gasteiger partial charge in [-0.3, -0.25) is 0 Å². The standard InChI is InChI=1S/C36H31BF2N2O4/c1-4-44-35(42)31-24(3)40-29(32(31)26-17-11-7-12-18-26)23-30-33(27-19-13-8-14-20-27)34(36(43)45-5-2)28(41(30)37(40,38)39)22-21-25-15-9-6-10-16-25/h6-23H,4-5H2,1-3H3/b22-21+. The van der Waals surface area contributed by atoms with E-state index >= 15 is 8.63 Å². The van der Waals surface area contributed by atoms with Gasteiger partial charge < -0.3 is 27.1 Å². The maximum atomic E-state index is 17.4. The number of aromatic nitrogens is 1. The second kappa shape index (κ2) is 12.0. The number of benzene rings is 3. The highest BCUT2D eigenvalue weighted by atomic mass is 19.2. The predicted molar refractivity (Wildman–Crippen MR) is 173 cm³/mol. The van der Waals surface area contributed by atoms with Gasteiger partial charge in [-0.2, -0.15) is 0 Å². The van der Waals surface area contributed by atoms with Crippen molar-refractivity contribution in [1.29, 1.82) is 0 Å². The summed E-state index contributed by atoms with van der Waals surface area (Å²) >= 11 is 0. The fraction of sp³-hybridized carbons (Fsp3) is 0.139. The number of rotatable bonds is 8. The molecule has 0 atom stereocenters. The monoisotopic (exact) mass is 604 g/mol. The lowest BCUT2D eigenvalue weighted by molar-refractivity contribution is -0.358. The van der Waals surface area contributed by atoms with E-state index in [4.69, 9.17) is 9.47 Å². The van der Waals surface area contributed by atoms with E-state index in [1.54, 1.807) is 74.5 Å². The highest BCUT2D eigenvalue weighted by Gasteiger charge is 2.57. The molecule has 0 spiro atoms. The number of hydrogen-bond acceptors (Lipinski definition) is 4. The van der Waals surface area contributed by atoms with E-state index in [0.717, 1.165) is 14.5 Å². The van der Waals surface area contributed by atoms with Gasteiger partial charge in [-0.05, 0) is 49.2 Å². The zero-order chi connectivity index (χ0) is 31.7. The van der Waals surface area contributed by atoms with Crippen molar-refractivity contribution in [2.24, 2.45) is 0 Å². The van der Waals surface area contributed by atoms with Crippen LogP contribution in [0.2, 0.25) is 0 Å². The first-order valence-electron chi connectivity index (χ1n) is 14.9. The minimum absolute atomic E-state index is 0.00472. The molecule has 0 radical (unpaired) electrons. The van der Waals surface area contributed by atoms with E-state index in [9.17, 15) is 9.59 Å². The highest BCUT2D eigenvalue weighted by molar-refractivity contribution is 6.59. The Kier molecular flexibility index (Phi) is 7.93. The van der Waals surface area contributed by atoms with Crippen molar-refractivity contribution in [3.8, 4) is 11.1 Å². The largest absolute Gasteiger partial charge is 0.737 e. The van der Waals surface area contributed by atoms with Gasteiger partial charge in [0.2, 0.25) is 0 Å². The molecule has 6 rings (SSSR count). The van der Waals surface area contributed by atoms with Gasteiger partial charge in [0, 0.05) is 23.4 Å². The SMILES string of the molecule is CCOC(=O)C1=C(c2ccccc2)C2=Cc3c(-c4ccccc4)c(C(=O)OCC)c(C)n3[B-](F)(F)[N+]2=C1/C=C/c1ccccc1. The molecule has 0 aliphatic carbocycles. The fourth-order valence-electron chi connectivity index (χ4n) is 6.18. The summed E-state index contributed by atoms with van der Waals surface area (Å²) < 4.78 is 47.5. The molecule has 226 valence electrons. The third-order valence-electron chi connectivity index (χ3n) is 7.98. The molecule has 0 bridgehead atoms. The molecular formula is C36H31BF2N2O4. The van der Waals surface area contributed by atoms with Gasteiger partial charge >= 0.3 is 18.9 Å². The van der Waals surface area contributed by atoms with Crippen molar-refractivity contribution < 1.29 is 32.2 Å². The van der Waals surface area contributed by atoms with Crippen LogP contribution in [0.15, 0.2) is 108 Å². The van der Waals surface area contributed by atoms with Crippen LogP contribution in [0.25, 0.3) is 28.9 Å². The maximum Gasteiger partial charge on any atom is 0.737 e. The number of halogens is 2. The Hall–Kier alpha value is -5.31. The summed E-state index contributed by atoms with van der Waals surface area (Å²) in [4.78, 5) is 27.1. The molecule has 0 unspecified atom stereocenters. The maximum absolute atomic E-state index is 17.4. The summed E-state index contributed by atoms with van der Waals surface area (Å²) in [5.74, 6) is -1.39. The summed E-state index contributed by atoms with van der Waals surface area (Å²) in [5, 5.41) is 0. The van der Waals surface area contributed by atoms with Gasteiger partial charge in [-0.15, -0.1) is 0 Å². The summed E-state index contributed by atoms with van der Waals surface area (Å²) in [5.41, 5.74) is 3.10. The zero-order valence-electron chi connectivity index (χ0n) is 25.2. The summed E-state index contributed by atoms with van der Waals surface area (Å²) in [7, 11) is 0. The number of carbonyl (C=O) groups is 2. The number of allylic oxidation sites excluding steroid dienone is 2. The molecular weight excluding hydrogens is 573 g/mol. The minimum atomic E-state index is -4.65. The molecule has 2 aliphatic heterocycles. The molecule has 3 aromatic carbocycles. The molecule has 2 aliphatic rings. The van der Waals surface area contributed by atoms with Crippen LogP contribution in [-0.2, 0) is 14.3 Å². The van der Waals surface area contributed by atoms with E-state index < -0.39 is 18.9 Å². The van der Waals surface area contributed by atoms with Gasteiger partial charge in [0.15, 0.2) is 11.4 Å². The van der Waals surface area contributed by atoms with E-state index in [-0.39, 0.29) is 47.1 Å². The number of ether oxygens (including phenoxy) is 2. The smallest absolute Gasteiger partial charge is 0.462 e. The van der Waals surface area contributed by atoms with Crippen molar-refractivity contribution in [2.75, 3.05) is 13.2 Å². The Morgan fingerprint density at radius 3 is 1.96 bits per heavy atom. The number of esters is 2. The normalized spacial score (nSPS) is 15.2. The molecule has 0 N–H and O–H groups in total. The molecule has 0 saturated heterocycles. The van der Waals surface area contributed by atoms with Crippen molar-refractivity contribution in [3.05, 3.63) is 136 Å². The van der Waals surface area contributed by atoms with Gasteiger partial charge in [0.25, 0.3) is 0 Å². The van der Waals surface area contributed by atoms with Gasteiger partial charge in [0.05, 0.1) is 24.4 Å². The average molecular weight is 604 g/mol. The first kappa shape index (κ1) is 29.8. The lowest BCUT2D eigenvalue weighted by Crippen LogP contribution is -2.51. The zero-order valence-corrected chi connectivity index (χ0v) is 25.2. The molecule has 6 nitrogen and oxygen atoms in total. The topological polar surface area (TPSA) is 60.5 Å². The van der Waals surface area contributed by atoms with Crippen LogP contribution in [0, 0.1) is 6.92 Å². The first-order valence-corrected chi connectivity index (χ1v) is 14.9. The summed E-state index contributed by atoms with van der Waals surface area (Å²) in [6.45, 7) is 0.373. The van der Waals surface area contributed by atoms with Crippen LogP contribution in [0.1, 0.15) is 46.7 Å². The van der Waals surface area contributed by atoms with E-state index in [0.29, 0.717) is 22.3 Å². The van der Waals surface area contributed by atoms with Crippen molar-refractivity contribution >= 4 is 42.3 Å². The van der Waals surface area contributed by atoms with Crippen LogP contribution >= 0.6 is 0 Å². The lowest BCUT2D eigenvalue weighted by Gasteiger charge is -2.31. The molecule has 0 saturated carbocycles. The summed E-state index contributed by atoms with van der Waals surface area (Å²) in [6, 6.07) is 27.2. The molecule has 4 aromatic rings. The fourth-order valence-corrected chi connectivity index (χ4v) is 6.18. The third kappa shape index (κ3) is 5.04. The van der Waals surface area contributed by atoms with Gasteiger partial charge in [-0.25, -0.2) is 9.59 Å². The van der Waals surface area contributed by atoms with E-state index in [2.05, 4.69) is 0 Å². The Morgan fingerprint density at radius 2 is 1.36 bits per heavy atom. The first-order chi connectivity index (χ1) is 21.8. The quantitative estimate of drug-likeness (QED) is 0.155. The predicted octanol–water partition coefficient (Wildman–Crippen LogP) is 7.41. The van der Waals surface area contributed by atoms with Crippen LogP contribution in [0.3, 0.4) is 0 Å². The van der Waals surface area contributed by atoms with Crippen LogP contribution in [-0.4, -0.2) is 46.8 Å². The molecule has 3 heterocycles. The number of carbonyl (C=O) groups excluding carboxylic acids is 2. The minimum Gasteiger partial charge on any atom is -0.462 e. The van der Waals surface area contributed by atoms with E-state index in [1.165, 1.54) is 13.0 Å². The molecule has 0 amide bonds. The summed E-state index contributed by atoms with van der Waals surface area (Å²) in [6.07, 6.45) is 4.88. The second-order valence-corrected chi connectivity index (χ2v) is 10.6. The Bertz CT molecular complexity index is 1930. The van der Waals surface area contributed by atoms with Crippen LogP contribution in [0.5, 0.6) is 0 Å². The second-order valence-electron chi connectivity index (χ2n) is 10.6. The van der Waals surface area contributed by atoms with Gasteiger partial charge in [-0.1, -0.05) is 91.0 Å². The van der Waals surface area contributed by atoms with Crippen LogP contribution < -0.4 is 0 Å². The van der Waals surface area contributed by atoms with Crippen molar-refractivity contribution in [1.82, 2.24) is 4.48 Å². The van der Waals surface area contributed by atoms with Crippen molar-refractivity contribution in [2.45, 2.75) is 20.8 Å². The van der Waals surface area contributed by atoms with Crippen LogP contribution in [0.4, 0.5) is 8.63 Å². The molecule has 1 aromatic heterocycles. The number of nitrogens with zero attached hydrogens (tertiary/aromatic N) is 2. The third-order valence-corrected chi connectivity index (χ3v) is 7.98. The lowest BCUT2D eigenvalue weighted by atomic mass is 9.87.